The Morgan fingerprint density at radius 3 is 2.48 bits per heavy atom. The minimum atomic E-state index is -0.201. The maximum Gasteiger partial charge on any atom is 0.255 e. The summed E-state index contributed by atoms with van der Waals surface area (Å²) in [7, 11) is 1.56. The van der Waals surface area contributed by atoms with Crippen molar-refractivity contribution in [3.8, 4) is 11.5 Å². The third-order valence-corrected chi connectivity index (χ3v) is 5.62. The predicted molar refractivity (Wildman–Crippen MR) is 130 cm³/mol. The summed E-state index contributed by atoms with van der Waals surface area (Å²) in [5, 5.41) is 2.97. The molecule has 0 saturated carbocycles. The first-order valence-corrected chi connectivity index (χ1v) is 11.1. The molecule has 0 aliphatic rings. The molecular formula is C27H29N3O3. The lowest BCUT2D eigenvalue weighted by Gasteiger charge is -2.13. The van der Waals surface area contributed by atoms with E-state index in [9.17, 15) is 4.79 Å². The van der Waals surface area contributed by atoms with E-state index in [-0.39, 0.29) is 5.91 Å². The van der Waals surface area contributed by atoms with Crippen LogP contribution >= 0.6 is 0 Å². The zero-order valence-corrected chi connectivity index (χ0v) is 19.2. The molecule has 0 aliphatic heterocycles. The third kappa shape index (κ3) is 5.17. The molecule has 4 aromatic rings. The van der Waals surface area contributed by atoms with Crippen LogP contribution in [-0.2, 0) is 13.1 Å². The van der Waals surface area contributed by atoms with Gasteiger partial charge in [-0.05, 0) is 47.9 Å². The normalized spacial score (nSPS) is 11.0. The highest BCUT2D eigenvalue weighted by Gasteiger charge is 2.15. The molecule has 1 N–H and O–H groups in total. The van der Waals surface area contributed by atoms with Gasteiger partial charge in [-0.15, -0.1) is 0 Å². The molecule has 0 spiro atoms. The average molecular weight is 444 g/mol. The number of fused-ring (bicyclic) bond motifs is 1. The van der Waals surface area contributed by atoms with Crippen molar-refractivity contribution in [3.05, 3.63) is 89.7 Å². The van der Waals surface area contributed by atoms with Crippen LogP contribution in [-0.4, -0.2) is 29.2 Å². The van der Waals surface area contributed by atoms with Crippen molar-refractivity contribution in [2.75, 3.05) is 13.7 Å². The molecule has 6 heteroatoms. The second-order valence-electron chi connectivity index (χ2n) is 8.12. The zero-order valence-electron chi connectivity index (χ0n) is 19.2. The number of imidazole rings is 1. The van der Waals surface area contributed by atoms with Crippen molar-refractivity contribution >= 4 is 16.9 Å². The van der Waals surface area contributed by atoms with Crippen LogP contribution in [0.5, 0.6) is 11.5 Å². The molecule has 170 valence electrons. The van der Waals surface area contributed by atoms with Gasteiger partial charge in [-0.2, -0.15) is 0 Å². The van der Waals surface area contributed by atoms with Gasteiger partial charge >= 0.3 is 0 Å². The van der Waals surface area contributed by atoms with Crippen molar-refractivity contribution in [3.63, 3.8) is 0 Å². The third-order valence-electron chi connectivity index (χ3n) is 5.62. The Labute approximate surface area is 194 Å². The van der Waals surface area contributed by atoms with Gasteiger partial charge in [0.15, 0.2) is 0 Å². The van der Waals surface area contributed by atoms with E-state index in [0.29, 0.717) is 36.9 Å². The van der Waals surface area contributed by atoms with E-state index < -0.39 is 0 Å². The second kappa shape index (κ2) is 10.2. The molecule has 1 aromatic heterocycles. The van der Waals surface area contributed by atoms with Crippen LogP contribution in [0.15, 0.2) is 72.8 Å². The van der Waals surface area contributed by atoms with E-state index in [1.54, 1.807) is 19.2 Å². The number of methoxy groups -OCH3 is 1. The van der Waals surface area contributed by atoms with Crippen LogP contribution in [0.2, 0.25) is 0 Å². The van der Waals surface area contributed by atoms with Crippen molar-refractivity contribution < 1.29 is 14.3 Å². The molecule has 3 aromatic carbocycles. The largest absolute Gasteiger partial charge is 0.496 e. The molecule has 6 nitrogen and oxygen atoms in total. The highest BCUT2D eigenvalue weighted by Crippen LogP contribution is 2.20. The van der Waals surface area contributed by atoms with Crippen LogP contribution in [0.4, 0.5) is 0 Å². The molecule has 1 heterocycles. The number of amides is 1. The summed E-state index contributed by atoms with van der Waals surface area (Å²) in [4.78, 5) is 17.5. The van der Waals surface area contributed by atoms with E-state index in [1.807, 2.05) is 48.5 Å². The molecule has 0 radical (unpaired) electrons. The van der Waals surface area contributed by atoms with E-state index in [0.717, 1.165) is 22.6 Å². The maximum atomic E-state index is 12.7. The Morgan fingerprint density at radius 1 is 1.00 bits per heavy atom. The van der Waals surface area contributed by atoms with Gasteiger partial charge in [0.2, 0.25) is 0 Å². The van der Waals surface area contributed by atoms with Gasteiger partial charge in [0, 0.05) is 0 Å². The van der Waals surface area contributed by atoms with Crippen LogP contribution in [0.1, 0.15) is 41.5 Å². The van der Waals surface area contributed by atoms with E-state index >= 15 is 0 Å². The number of para-hydroxylation sites is 3. The number of rotatable bonds is 9. The first-order valence-electron chi connectivity index (χ1n) is 11.1. The Kier molecular flexibility index (Phi) is 6.93. The number of benzene rings is 3. The Morgan fingerprint density at radius 2 is 1.73 bits per heavy atom. The number of aromatic nitrogens is 2. The van der Waals surface area contributed by atoms with E-state index in [1.165, 1.54) is 5.56 Å². The summed E-state index contributed by atoms with van der Waals surface area (Å²) in [6.45, 7) is 5.76. The van der Waals surface area contributed by atoms with Gasteiger partial charge in [-0.3, -0.25) is 4.79 Å². The SMILES string of the molecule is COc1ccccc1C(=O)NCc1nc2ccccc2n1CCOc1ccc(C(C)C)cc1. The summed E-state index contributed by atoms with van der Waals surface area (Å²) in [5.41, 5.74) is 3.69. The lowest BCUT2D eigenvalue weighted by Crippen LogP contribution is -2.25. The number of nitrogens with one attached hydrogen (secondary N) is 1. The fourth-order valence-corrected chi connectivity index (χ4v) is 3.80. The van der Waals surface area contributed by atoms with E-state index in [2.05, 4.69) is 35.9 Å². The minimum absolute atomic E-state index is 0.201. The van der Waals surface area contributed by atoms with Crippen LogP contribution < -0.4 is 14.8 Å². The molecule has 0 saturated heterocycles. The molecule has 4 rings (SSSR count). The van der Waals surface area contributed by atoms with Gasteiger partial charge in [-0.1, -0.05) is 50.2 Å². The van der Waals surface area contributed by atoms with Crippen LogP contribution in [0.25, 0.3) is 11.0 Å². The molecule has 1 amide bonds. The monoisotopic (exact) mass is 443 g/mol. The minimum Gasteiger partial charge on any atom is -0.496 e. The Balaban J connectivity index is 1.47. The molecule has 0 atom stereocenters. The summed E-state index contributed by atoms with van der Waals surface area (Å²) >= 11 is 0. The van der Waals surface area contributed by atoms with Crippen molar-refractivity contribution in [2.45, 2.75) is 32.9 Å². The molecule has 0 fully saturated rings. The summed E-state index contributed by atoms with van der Waals surface area (Å²) in [6.07, 6.45) is 0. The van der Waals surface area contributed by atoms with E-state index in [4.69, 9.17) is 14.5 Å². The lowest BCUT2D eigenvalue weighted by molar-refractivity contribution is 0.0946. The first kappa shape index (κ1) is 22.4. The molecule has 33 heavy (non-hydrogen) atoms. The summed E-state index contributed by atoms with van der Waals surface area (Å²) in [6, 6.07) is 23.4. The summed E-state index contributed by atoms with van der Waals surface area (Å²) < 4.78 is 13.4. The van der Waals surface area contributed by atoms with Gasteiger partial charge in [0.1, 0.15) is 23.9 Å². The lowest BCUT2D eigenvalue weighted by atomic mass is 10.0. The Hall–Kier alpha value is -3.80. The van der Waals surface area contributed by atoms with Crippen molar-refractivity contribution in [2.24, 2.45) is 0 Å². The van der Waals surface area contributed by atoms with Gasteiger partial charge in [0.05, 0.1) is 36.8 Å². The number of ether oxygens (including phenoxy) is 2. The number of hydrogen-bond acceptors (Lipinski definition) is 4. The van der Waals surface area contributed by atoms with Crippen LogP contribution in [0.3, 0.4) is 0 Å². The predicted octanol–water partition coefficient (Wildman–Crippen LogP) is 5.18. The number of nitrogens with zero attached hydrogens (tertiary/aromatic N) is 2. The smallest absolute Gasteiger partial charge is 0.255 e. The number of hydrogen-bond donors (Lipinski definition) is 1. The molecule has 0 aliphatic carbocycles. The number of carbonyl (C=O) groups is 1. The molecular weight excluding hydrogens is 414 g/mol. The van der Waals surface area contributed by atoms with Crippen molar-refractivity contribution in [1.29, 1.82) is 0 Å². The molecule has 0 bridgehead atoms. The van der Waals surface area contributed by atoms with Crippen LogP contribution in [0, 0.1) is 0 Å². The second-order valence-corrected chi connectivity index (χ2v) is 8.12. The quantitative estimate of drug-likeness (QED) is 0.387. The first-order chi connectivity index (χ1) is 16.1. The topological polar surface area (TPSA) is 65.4 Å². The maximum absolute atomic E-state index is 12.7. The highest BCUT2D eigenvalue weighted by atomic mass is 16.5. The fraction of sp³-hybridized carbons (Fsp3) is 0.259. The van der Waals surface area contributed by atoms with Crippen molar-refractivity contribution in [1.82, 2.24) is 14.9 Å². The van der Waals surface area contributed by atoms with Gasteiger partial charge < -0.3 is 19.4 Å². The summed E-state index contributed by atoms with van der Waals surface area (Å²) in [5.74, 6) is 2.45. The Bertz CT molecular complexity index is 1230. The zero-order chi connectivity index (χ0) is 23.2. The van der Waals surface area contributed by atoms with Gasteiger partial charge in [0.25, 0.3) is 5.91 Å². The highest BCUT2D eigenvalue weighted by molar-refractivity contribution is 5.96. The fourth-order valence-electron chi connectivity index (χ4n) is 3.80. The number of carbonyl (C=O) groups excluding carboxylic acids is 1. The average Bonchev–Trinajstić information content (AvgIpc) is 3.20. The standard InChI is InChI=1S/C27H29N3O3/c1-19(2)20-12-14-21(15-13-20)33-17-16-30-24-10-6-5-9-23(24)29-26(30)18-28-27(31)22-8-4-7-11-25(22)32-3/h4-15,19H,16-18H2,1-3H3,(H,28,31). The molecule has 0 unspecified atom stereocenters. The van der Waals surface area contributed by atoms with Gasteiger partial charge in [-0.25, -0.2) is 4.98 Å².